The van der Waals surface area contributed by atoms with Crippen LogP contribution in [0.3, 0.4) is 0 Å². The summed E-state index contributed by atoms with van der Waals surface area (Å²) in [7, 11) is 0. The number of nitrogens with two attached hydrogens (primary N) is 1. The number of halogens is 2. The maximum Gasteiger partial charge on any atom is 0.255 e. The van der Waals surface area contributed by atoms with Crippen molar-refractivity contribution in [2.75, 3.05) is 19.8 Å². The topological polar surface area (TPSA) is 105 Å². The van der Waals surface area contributed by atoms with Crippen molar-refractivity contribution in [2.24, 2.45) is 5.73 Å². The van der Waals surface area contributed by atoms with Crippen molar-refractivity contribution in [3.05, 3.63) is 57.6 Å². The number of aromatic hydroxyl groups is 1. The van der Waals surface area contributed by atoms with Crippen LogP contribution in [0.25, 0.3) is 0 Å². The van der Waals surface area contributed by atoms with E-state index in [1.165, 1.54) is 6.07 Å². The van der Waals surface area contributed by atoms with Crippen LogP contribution in [0.2, 0.25) is 10.0 Å². The second-order valence-electron chi connectivity index (χ2n) is 6.28. The normalized spacial score (nSPS) is 11.9. The molecule has 2 rings (SSSR count). The molecule has 1 atom stereocenters. The number of aliphatic hydroxyl groups is 1. The molecule has 0 aromatic heterocycles. The Morgan fingerprint density at radius 2 is 1.93 bits per heavy atom. The van der Waals surface area contributed by atoms with Crippen LogP contribution in [-0.2, 0) is 6.42 Å². The molecule has 1 amide bonds. The summed E-state index contributed by atoms with van der Waals surface area (Å²) in [4.78, 5) is 12.6. The molecule has 2 aromatic carbocycles. The number of hydrogen-bond donors (Lipinski definition) is 4. The second kappa shape index (κ2) is 11.1. The van der Waals surface area contributed by atoms with Gasteiger partial charge in [-0.25, -0.2) is 0 Å². The van der Waals surface area contributed by atoms with E-state index in [2.05, 4.69) is 5.32 Å². The van der Waals surface area contributed by atoms with E-state index in [1.54, 1.807) is 0 Å². The highest BCUT2D eigenvalue weighted by Crippen LogP contribution is 2.42. The summed E-state index contributed by atoms with van der Waals surface area (Å²) < 4.78 is 5.52. The van der Waals surface area contributed by atoms with E-state index in [0.717, 1.165) is 12.0 Å². The summed E-state index contributed by atoms with van der Waals surface area (Å²) in [5.41, 5.74) is 6.31. The number of benzene rings is 2. The first-order chi connectivity index (χ1) is 13.5. The molecule has 0 aliphatic rings. The van der Waals surface area contributed by atoms with Gasteiger partial charge in [-0.3, -0.25) is 4.79 Å². The summed E-state index contributed by atoms with van der Waals surface area (Å²) >= 11 is 12.3. The molecular weight excluding hydrogens is 403 g/mol. The predicted molar refractivity (Wildman–Crippen MR) is 110 cm³/mol. The van der Waals surface area contributed by atoms with Gasteiger partial charge in [0, 0.05) is 0 Å². The van der Waals surface area contributed by atoms with Crippen LogP contribution < -0.4 is 15.8 Å². The molecule has 0 heterocycles. The van der Waals surface area contributed by atoms with Gasteiger partial charge in [-0.1, -0.05) is 53.5 Å². The first-order valence-electron chi connectivity index (χ1n) is 8.97. The van der Waals surface area contributed by atoms with Gasteiger partial charge in [0.15, 0.2) is 11.5 Å². The van der Waals surface area contributed by atoms with Crippen molar-refractivity contribution in [3.63, 3.8) is 0 Å². The molecule has 0 saturated heterocycles. The molecule has 8 heteroatoms. The standard InChI is InChI=1S/C20H24Cl2N2O4/c21-16-11-15(18(26)17(22)19(16)28-9-5-4-8-23)20(27)24-14(12-25)10-13-6-2-1-3-7-13/h1-3,6-7,11,14,25-26H,4-5,8-10,12,23H2,(H,24,27). The predicted octanol–water partition coefficient (Wildman–Crippen LogP) is 3.15. The highest BCUT2D eigenvalue weighted by atomic mass is 35.5. The Hall–Kier alpha value is -1.99. The molecule has 0 fully saturated rings. The van der Waals surface area contributed by atoms with Gasteiger partial charge >= 0.3 is 0 Å². The van der Waals surface area contributed by atoms with Crippen molar-refractivity contribution >= 4 is 29.1 Å². The van der Waals surface area contributed by atoms with Gasteiger partial charge in [-0.2, -0.15) is 0 Å². The summed E-state index contributed by atoms with van der Waals surface area (Å²) in [5.74, 6) is -0.892. The maximum atomic E-state index is 12.6. The number of ether oxygens (including phenoxy) is 1. The van der Waals surface area contributed by atoms with Gasteiger partial charge < -0.3 is 26.0 Å². The lowest BCUT2D eigenvalue weighted by Crippen LogP contribution is -2.39. The van der Waals surface area contributed by atoms with E-state index in [1.807, 2.05) is 30.3 Å². The largest absolute Gasteiger partial charge is 0.505 e. The number of unbranched alkanes of at least 4 members (excludes halogenated alkanes) is 1. The number of hydrogen-bond acceptors (Lipinski definition) is 5. The van der Waals surface area contributed by atoms with Crippen LogP contribution in [0.5, 0.6) is 11.5 Å². The van der Waals surface area contributed by atoms with Gasteiger partial charge in [0.1, 0.15) is 5.02 Å². The summed E-state index contributed by atoms with van der Waals surface area (Å²) in [6.45, 7) is 0.626. The molecular formula is C20H24Cl2N2O4. The summed E-state index contributed by atoms with van der Waals surface area (Å²) in [5, 5.41) is 22.6. The van der Waals surface area contributed by atoms with E-state index < -0.39 is 17.7 Å². The molecule has 1 unspecified atom stereocenters. The average Bonchev–Trinajstić information content (AvgIpc) is 2.70. The fraction of sp³-hybridized carbons (Fsp3) is 0.350. The van der Waals surface area contributed by atoms with Crippen LogP contribution in [0, 0.1) is 0 Å². The lowest BCUT2D eigenvalue weighted by molar-refractivity contribution is 0.0913. The minimum Gasteiger partial charge on any atom is -0.505 e. The van der Waals surface area contributed by atoms with Gasteiger partial charge in [0.05, 0.1) is 29.8 Å². The second-order valence-corrected chi connectivity index (χ2v) is 7.07. The van der Waals surface area contributed by atoms with Crippen molar-refractivity contribution in [1.82, 2.24) is 5.32 Å². The third-order valence-corrected chi connectivity index (χ3v) is 4.75. The van der Waals surface area contributed by atoms with Crippen molar-refractivity contribution in [3.8, 4) is 11.5 Å². The third kappa shape index (κ3) is 6.01. The monoisotopic (exact) mass is 426 g/mol. The molecule has 0 spiro atoms. The lowest BCUT2D eigenvalue weighted by atomic mass is 10.1. The van der Waals surface area contributed by atoms with Crippen LogP contribution in [0.1, 0.15) is 28.8 Å². The van der Waals surface area contributed by atoms with E-state index in [-0.39, 0.29) is 28.0 Å². The third-order valence-electron chi connectivity index (χ3n) is 4.12. The fourth-order valence-corrected chi connectivity index (χ4v) is 3.20. The first kappa shape index (κ1) is 22.3. The van der Waals surface area contributed by atoms with Gasteiger partial charge in [-0.05, 0) is 37.4 Å². The van der Waals surface area contributed by atoms with Crippen LogP contribution in [0.15, 0.2) is 36.4 Å². The molecule has 5 N–H and O–H groups in total. The van der Waals surface area contributed by atoms with E-state index in [4.69, 9.17) is 33.7 Å². The molecule has 0 saturated carbocycles. The number of phenolic OH excluding ortho intramolecular Hbond substituents is 1. The smallest absolute Gasteiger partial charge is 0.255 e. The maximum absolute atomic E-state index is 12.6. The number of carbonyl (C=O) groups is 1. The van der Waals surface area contributed by atoms with Gasteiger partial charge in [0.25, 0.3) is 5.91 Å². The highest BCUT2D eigenvalue weighted by Gasteiger charge is 2.23. The molecule has 28 heavy (non-hydrogen) atoms. The fourth-order valence-electron chi connectivity index (χ4n) is 2.64. The van der Waals surface area contributed by atoms with Crippen LogP contribution in [0.4, 0.5) is 0 Å². The van der Waals surface area contributed by atoms with Gasteiger partial charge in [-0.15, -0.1) is 0 Å². The zero-order valence-corrected chi connectivity index (χ0v) is 16.8. The molecule has 6 nitrogen and oxygen atoms in total. The SMILES string of the molecule is NCCCCOc1c(Cl)cc(C(=O)NC(CO)Cc2ccccc2)c(O)c1Cl. The van der Waals surface area contributed by atoms with Crippen molar-refractivity contribution in [1.29, 1.82) is 0 Å². The number of aliphatic hydroxyl groups excluding tert-OH is 1. The molecule has 0 radical (unpaired) electrons. The minimum absolute atomic E-state index is 0.0872. The number of amides is 1. The van der Waals surface area contributed by atoms with Crippen LogP contribution in [-0.4, -0.2) is 41.9 Å². The Morgan fingerprint density at radius 1 is 1.21 bits per heavy atom. The summed E-state index contributed by atoms with van der Waals surface area (Å²) in [6, 6.07) is 10.2. The first-order valence-corrected chi connectivity index (χ1v) is 9.73. The minimum atomic E-state index is -0.592. The molecule has 0 aliphatic carbocycles. The molecule has 2 aromatic rings. The Labute approximate surface area is 174 Å². The van der Waals surface area contributed by atoms with Crippen molar-refractivity contribution in [2.45, 2.75) is 25.3 Å². The number of rotatable bonds is 10. The molecule has 0 bridgehead atoms. The Bertz CT molecular complexity index is 788. The Balaban J connectivity index is 2.11. The zero-order chi connectivity index (χ0) is 20.5. The van der Waals surface area contributed by atoms with Crippen molar-refractivity contribution < 1.29 is 19.7 Å². The lowest BCUT2D eigenvalue weighted by Gasteiger charge is -2.18. The molecule has 152 valence electrons. The molecule has 0 aliphatic heterocycles. The van der Waals surface area contributed by atoms with E-state index in [0.29, 0.717) is 26.0 Å². The van der Waals surface area contributed by atoms with E-state index in [9.17, 15) is 15.0 Å². The number of carbonyl (C=O) groups excluding carboxylic acids is 1. The zero-order valence-electron chi connectivity index (χ0n) is 15.3. The van der Waals surface area contributed by atoms with E-state index >= 15 is 0 Å². The van der Waals surface area contributed by atoms with Gasteiger partial charge in [0.2, 0.25) is 0 Å². The van der Waals surface area contributed by atoms with Crippen LogP contribution >= 0.6 is 23.2 Å². The Kier molecular flexibility index (Phi) is 8.86. The quantitative estimate of drug-likeness (QED) is 0.436. The highest BCUT2D eigenvalue weighted by molar-refractivity contribution is 6.39. The number of phenols is 1. The average molecular weight is 427 g/mol. The summed E-state index contributed by atoms with van der Waals surface area (Å²) in [6.07, 6.45) is 1.93. The Morgan fingerprint density at radius 3 is 2.57 bits per heavy atom. The number of nitrogens with one attached hydrogen (secondary N) is 1.